The molecule has 0 bridgehead atoms. The predicted molar refractivity (Wildman–Crippen MR) is 93.5 cm³/mol. The van der Waals surface area contributed by atoms with Crippen molar-refractivity contribution < 1.29 is 14.3 Å². The zero-order chi connectivity index (χ0) is 16.8. The normalized spacial score (nSPS) is 21.2. The van der Waals surface area contributed by atoms with Crippen LogP contribution in [0.2, 0.25) is 0 Å². The Kier molecular flexibility index (Phi) is 5.74. The molecule has 2 fully saturated rings. The molecule has 1 aromatic carbocycles. The quantitative estimate of drug-likeness (QED) is 0.900. The van der Waals surface area contributed by atoms with E-state index >= 15 is 0 Å². The van der Waals surface area contributed by atoms with Gasteiger partial charge in [-0.15, -0.1) is 0 Å². The standard InChI is InChI=1S/C19H28N2O3/c1-23-17-7-5-16(6-8-17)18(22)20-15-19(9-3-2-4-10-19)21-11-13-24-14-12-21/h5-8H,2-4,9-15H2,1H3,(H,20,22). The Bertz CT molecular complexity index is 532. The number of morpholine rings is 1. The van der Waals surface area contributed by atoms with Crippen LogP contribution in [0.5, 0.6) is 5.75 Å². The number of ether oxygens (including phenoxy) is 2. The van der Waals surface area contributed by atoms with Gasteiger partial charge < -0.3 is 14.8 Å². The first-order valence-corrected chi connectivity index (χ1v) is 8.99. The minimum atomic E-state index is -0.00383. The van der Waals surface area contributed by atoms with Crippen molar-refractivity contribution >= 4 is 5.91 Å². The van der Waals surface area contributed by atoms with Gasteiger partial charge >= 0.3 is 0 Å². The summed E-state index contributed by atoms with van der Waals surface area (Å²) in [5, 5.41) is 3.18. The van der Waals surface area contributed by atoms with Crippen LogP contribution in [0.15, 0.2) is 24.3 Å². The van der Waals surface area contributed by atoms with Crippen molar-refractivity contribution in [2.75, 3.05) is 40.0 Å². The van der Waals surface area contributed by atoms with Crippen LogP contribution in [0, 0.1) is 0 Å². The molecule has 5 heteroatoms. The molecule has 0 radical (unpaired) electrons. The highest BCUT2D eigenvalue weighted by molar-refractivity contribution is 5.94. The first-order valence-electron chi connectivity index (χ1n) is 8.99. The Hall–Kier alpha value is -1.59. The maximum absolute atomic E-state index is 12.5. The predicted octanol–water partition coefficient (Wildman–Crippen LogP) is 2.46. The fourth-order valence-corrected chi connectivity index (χ4v) is 3.94. The largest absolute Gasteiger partial charge is 0.497 e. The van der Waals surface area contributed by atoms with E-state index in [-0.39, 0.29) is 11.4 Å². The van der Waals surface area contributed by atoms with Crippen molar-refractivity contribution in [3.63, 3.8) is 0 Å². The van der Waals surface area contributed by atoms with Gasteiger partial charge in [-0.2, -0.15) is 0 Å². The van der Waals surface area contributed by atoms with Crippen LogP contribution in [0.4, 0.5) is 0 Å². The molecule has 1 saturated heterocycles. The van der Waals surface area contributed by atoms with E-state index < -0.39 is 0 Å². The molecule has 1 N–H and O–H groups in total. The molecule has 0 aromatic heterocycles. The van der Waals surface area contributed by atoms with Gasteiger partial charge in [0, 0.05) is 30.7 Å². The van der Waals surface area contributed by atoms with Crippen molar-refractivity contribution in [3.8, 4) is 5.75 Å². The summed E-state index contributed by atoms with van der Waals surface area (Å²) in [6.45, 7) is 4.26. The number of amides is 1. The van der Waals surface area contributed by atoms with E-state index in [0.717, 1.165) is 51.4 Å². The molecule has 0 atom stereocenters. The SMILES string of the molecule is COc1ccc(C(=O)NCC2(N3CCOCC3)CCCCC2)cc1. The molecule has 0 unspecified atom stereocenters. The second kappa shape index (κ2) is 7.99. The monoisotopic (exact) mass is 332 g/mol. The Labute approximate surface area is 144 Å². The summed E-state index contributed by atoms with van der Waals surface area (Å²) >= 11 is 0. The molecule has 3 rings (SSSR count). The third-order valence-corrected chi connectivity index (χ3v) is 5.40. The zero-order valence-corrected chi connectivity index (χ0v) is 14.6. The van der Waals surface area contributed by atoms with Gasteiger partial charge in [0.05, 0.1) is 20.3 Å². The third kappa shape index (κ3) is 3.90. The van der Waals surface area contributed by atoms with E-state index in [9.17, 15) is 4.79 Å². The second-order valence-electron chi connectivity index (χ2n) is 6.80. The molecule has 1 saturated carbocycles. The zero-order valence-electron chi connectivity index (χ0n) is 14.6. The lowest BCUT2D eigenvalue weighted by Crippen LogP contribution is -2.59. The summed E-state index contributed by atoms with van der Waals surface area (Å²) in [6, 6.07) is 7.29. The molecule has 24 heavy (non-hydrogen) atoms. The molecule has 1 heterocycles. The first kappa shape index (κ1) is 17.2. The lowest BCUT2D eigenvalue weighted by Gasteiger charge is -2.48. The van der Waals surface area contributed by atoms with E-state index in [1.165, 1.54) is 19.3 Å². The number of carbonyl (C=O) groups excluding carboxylic acids is 1. The van der Waals surface area contributed by atoms with Crippen molar-refractivity contribution in [2.24, 2.45) is 0 Å². The number of nitrogens with zero attached hydrogens (tertiary/aromatic N) is 1. The Balaban J connectivity index is 1.64. The van der Waals surface area contributed by atoms with Gasteiger partial charge in [0.1, 0.15) is 5.75 Å². The number of carbonyl (C=O) groups is 1. The molecule has 1 aliphatic carbocycles. The molecule has 132 valence electrons. The first-order chi connectivity index (χ1) is 11.7. The number of hydrogen-bond donors (Lipinski definition) is 1. The van der Waals surface area contributed by atoms with Gasteiger partial charge in [-0.25, -0.2) is 0 Å². The van der Waals surface area contributed by atoms with Crippen molar-refractivity contribution in [3.05, 3.63) is 29.8 Å². The number of hydrogen-bond acceptors (Lipinski definition) is 4. The molecular weight excluding hydrogens is 304 g/mol. The van der Waals surface area contributed by atoms with Crippen LogP contribution in [0.3, 0.4) is 0 Å². The highest BCUT2D eigenvalue weighted by Crippen LogP contribution is 2.34. The summed E-state index contributed by atoms with van der Waals surface area (Å²) in [6.07, 6.45) is 6.12. The molecule has 1 amide bonds. The van der Waals surface area contributed by atoms with E-state index in [4.69, 9.17) is 9.47 Å². The van der Waals surface area contributed by atoms with Crippen molar-refractivity contribution in [2.45, 2.75) is 37.6 Å². The highest BCUT2D eigenvalue weighted by atomic mass is 16.5. The summed E-state index contributed by atoms with van der Waals surface area (Å²) < 4.78 is 10.7. The minimum absolute atomic E-state index is 0.00383. The van der Waals surface area contributed by atoms with Crippen LogP contribution in [-0.2, 0) is 4.74 Å². The molecular formula is C19H28N2O3. The van der Waals surface area contributed by atoms with Crippen LogP contribution < -0.4 is 10.1 Å². The van der Waals surface area contributed by atoms with Crippen LogP contribution in [0.25, 0.3) is 0 Å². The summed E-state index contributed by atoms with van der Waals surface area (Å²) in [4.78, 5) is 15.1. The fraction of sp³-hybridized carbons (Fsp3) is 0.632. The van der Waals surface area contributed by atoms with E-state index in [1.54, 1.807) is 7.11 Å². The lowest BCUT2D eigenvalue weighted by atomic mass is 9.79. The Morgan fingerprint density at radius 3 is 2.46 bits per heavy atom. The van der Waals surface area contributed by atoms with Gasteiger partial charge in [0.25, 0.3) is 5.91 Å². The maximum atomic E-state index is 12.5. The third-order valence-electron chi connectivity index (χ3n) is 5.40. The Morgan fingerprint density at radius 1 is 1.17 bits per heavy atom. The highest BCUT2D eigenvalue weighted by Gasteiger charge is 2.38. The number of methoxy groups -OCH3 is 1. The summed E-state index contributed by atoms with van der Waals surface area (Å²) in [5.74, 6) is 0.763. The summed E-state index contributed by atoms with van der Waals surface area (Å²) in [5.41, 5.74) is 0.785. The van der Waals surface area contributed by atoms with Gasteiger partial charge in [0.15, 0.2) is 0 Å². The van der Waals surface area contributed by atoms with E-state index in [1.807, 2.05) is 24.3 Å². The smallest absolute Gasteiger partial charge is 0.251 e. The molecule has 2 aliphatic rings. The van der Waals surface area contributed by atoms with Crippen LogP contribution in [0.1, 0.15) is 42.5 Å². The van der Waals surface area contributed by atoms with E-state index in [0.29, 0.717) is 5.56 Å². The van der Waals surface area contributed by atoms with Crippen LogP contribution in [-0.4, -0.2) is 56.3 Å². The number of benzene rings is 1. The van der Waals surface area contributed by atoms with Crippen molar-refractivity contribution in [1.82, 2.24) is 10.2 Å². The van der Waals surface area contributed by atoms with Gasteiger partial charge in [0.2, 0.25) is 0 Å². The number of nitrogens with one attached hydrogen (secondary N) is 1. The van der Waals surface area contributed by atoms with Gasteiger partial charge in [-0.05, 0) is 37.1 Å². The summed E-state index contributed by atoms with van der Waals surface area (Å²) in [7, 11) is 1.63. The molecule has 1 aromatic rings. The minimum Gasteiger partial charge on any atom is -0.497 e. The maximum Gasteiger partial charge on any atom is 0.251 e. The molecule has 1 aliphatic heterocycles. The Morgan fingerprint density at radius 2 is 1.83 bits per heavy atom. The number of rotatable bonds is 5. The van der Waals surface area contributed by atoms with Gasteiger partial charge in [-0.3, -0.25) is 9.69 Å². The average molecular weight is 332 g/mol. The van der Waals surface area contributed by atoms with Crippen molar-refractivity contribution in [1.29, 1.82) is 0 Å². The topological polar surface area (TPSA) is 50.8 Å². The van der Waals surface area contributed by atoms with Crippen LogP contribution >= 0.6 is 0 Å². The second-order valence-corrected chi connectivity index (χ2v) is 6.80. The van der Waals surface area contributed by atoms with E-state index in [2.05, 4.69) is 10.2 Å². The molecule has 5 nitrogen and oxygen atoms in total. The molecule has 0 spiro atoms. The lowest BCUT2D eigenvalue weighted by molar-refractivity contribution is -0.0361. The van der Waals surface area contributed by atoms with Gasteiger partial charge in [-0.1, -0.05) is 19.3 Å². The fourth-order valence-electron chi connectivity index (χ4n) is 3.94. The average Bonchev–Trinajstić information content (AvgIpc) is 2.67.